The zero-order chi connectivity index (χ0) is 15.1. The van der Waals surface area contributed by atoms with Crippen LogP contribution < -0.4 is 10.6 Å². The van der Waals surface area contributed by atoms with Gasteiger partial charge in [-0.1, -0.05) is 38.2 Å². The minimum absolute atomic E-state index is 0.101. The largest absolute Gasteiger partial charge is 0.354 e. The van der Waals surface area contributed by atoms with Crippen LogP contribution in [-0.2, 0) is 4.79 Å². The Morgan fingerprint density at radius 2 is 2.10 bits per heavy atom. The highest BCUT2D eigenvalue weighted by atomic mass is 32.1. The SMILES string of the molecule is CC(NC(=O)c1cccs1)C(=O)NCCC1CCCCC1. The minimum atomic E-state index is -0.494. The van der Waals surface area contributed by atoms with Crippen molar-refractivity contribution in [1.82, 2.24) is 10.6 Å². The van der Waals surface area contributed by atoms with Gasteiger partial charge in [0.1, 0.15) is 6.04 Å². The van der Waals surface area contributed by atoms with Crippen molar-refractivity contribution >= 4 is 23.2 Å². The smallest absolute Gasteiger partial charge is 0.261 e. The second-order valence-corrected chi connectivity index (χ2v) is 6.70. The molecule has 0 radical (unpaired) electrons. The average molecular weight is 308 g/mol. The van der Waals surface area contributed by atoms with Crippen LogP contribution >= 0.6 is 11.3 Å². The van der Waals surface area contributed by atoms with E-state index < -0.39 is 6.04 Å². The Kier molecular flexibility index (Phi) is 6.23. The molecule has 0 aromatic carbocycles. The van der Waals surface area contributed by atoms with E-state index in [4.69, 9.17) is 0 Å². The van der Waals surface area contributed by atoms with Crippen molar-refractivity contribution in [2.75, 3.05) is 6.54 Å². The van der Waals surface area contributed by atoms with Gasteiger partial charge in [-0.3, -0.25) is 9.59 Å². The fourth-order valence-corrected chi connectivity index (χ4v) is 3.40. The molecular formula is C16H24N2O2S. The molecule has 4 nitrogen and oxygen atoms in total. The maximum absolute atomic E-state index is 12.0. The summed E-state index contributed by atoms with van der Waals surface area (Å²) in [6.45, 7) is 2.43. The van der Waals surface area contributed by atoms with Crippen molar-refractivity contribution < 1.29 is 9.59 Å². The highest BCUT2D eigenvalue weighted by Gasteiger charge is 2.18. The van der Waals surface area contributed by atoms with Gasteiger partial charge in [0.25, 0.3) is 5.91 Å². The van der Waals surface area contributed by atoms with Crippen LogP contribution in [-0.4, -0.2) is 24.4 Å². The molecule has 1 aliphatic carbocycles. The Labute approximate surface area is 130 Å². The Bertz CT molecular complexity index is 453. The van der Waals surface area contributed by atoms with Gasteiger partial charge in [0.05, 0.1) is 4.88 Å². The first-order valence-electron chi connectivity index (χ1n) is 7.79. The van der Waals surface area contributed by atoms with Gasteiger partial charge in [0.2, 0.25) is 5.91 Å². The second-order valence-electron chi connectivity index (χ2n) is 5.76. The highest BCUT2D eigenvalue weighted by Crippen LogP contribution is 2.25. The Hall–Kier alpha value is -1.36. The molecule has 2 rings (SSSR count). The predicted molar refractivity (Wildman–Crippen MR) is 85.4 cm³/mol. The summed E-state index contributed by atoms with van der Waals surface area (Å²) >= 11 is 1.38. The monoisotopic (exact) mass is 308 g/mol. The summed E-state index contributed by atoms with van der Waals surface area (Å²) < 4.78 is 0. The van der Waals surface area contributed by atoms with E-state index in [0.29, 0.717) is 11.4 Å². The minimum Gasteiger partial charge on any atom is -0.354 e. The molecule has 2 N–H and O–H groups in total. The summed E-state index contributed by atoms with van der Waals surface area (Å²) in [5.74, 6) is 0.478. The van der Waals surface area contributed by atoms with Crippen molar-refractivity contribution in [3.63, 3.8) is 0 Å². The van der Waals surface area contributed by atoms with Crippen LogP contribution in [0.3, 0.4) is 0 Å². The van der Waals surface area contributed by atoms with E-state index in [0.717, 1.165) is 12.3 Å². The average Bonchev–Trinajstić information content (AvgIpc) is 3.02. The van der Waals surface area contributed by atoms with Crippen LogP contribution in [0.25, 0.3) is 0 Å². The van der Waals surface area contributed by atoms with Crippen LogP contribution in [0.2, 0.25) is 0 Å². The van der Waals surface area contributed by atoms with Gasteiger partial charge >= 0.3 is 0 Å². The molecule has 1 fully saturated rings. The van der Waals surface area contributed by atoms with Crippen LogP contribution in [0.5, 0.6) is 0 Å². The number of carbonyl (C=O) groups excluding carboxylic acids is 2. The fraction of sp³-hybridized carbons (Fsp3) is 0.625. The molecule has 0 bridgehead atoms. The number of hydrogen-bond acceptors (Lipinski definition) is 3. The number of rotatable bonds is 6. The molecule has 5 heteroatoms. The summed E-state index contributed by atoms with van der Waals surface area (Å²) in [4.78, 5) is 24.5. The number of carbonyl (C=O) groups is 2. The summed E-state index contributed by atoms with van der Waals surface area (Å²) in [7, 11) is 0. The van der Waals surface area contributed by atoms with E-state index in [9.17, 15) is 9.59 Å². The van der Waals surface area contributed by atoms with E-state index in [1.54, 1.807) is 13.0 Å². The molecule has 0 saturated heterocycles. The Morgan fingerprint density at radius 3 is 2.76 bits per heavy atom. The van der Waals surface area contributed by atoms with Crippen molar-refractivity contribution in [2.24, 2.45) is 5.92 Å². The second kappa shape index (κ2) is 8.17. The lowest BCUT2D eigenvalue weighted by molar-refractivity contribution is -0.122. The third kappa shape index (κ3) is 5.16. The van der Waals surface area contributed by atoms with E-state index in [-0.39, 0.29) is 11.8 Å². The third-order valence-electron chi connectivity index (χ3n) is 4.06. The third-order valence-corrected chi connectivity index (χ3v) is 4.93. The van der Waals surface area contributed by atoms with Gasteiger partial charge in [-0.05, 0) is 30.7 Å². The molecule has 1 heterocycles. The van der Waals surface area contributed by atoms with Gasteiger partial charge in [0, 0.05) is 6.54 Å². The lowest BCUT2D eigenvalue weighted by Crippen LogP contribution is -2.45. The molecular weight excluding hydrogens is 284 g/mol. The van der Waals surface area contributed by atoms with E-state index in [1.807, 2.05) is 11.4 Å². The molecule has 0 spiro atoms. The molecule has 1 aliphatic rings. The molecule has 1 saturated carbocycles. The van der Waals surface area contributed by atoms with Crippen LogP contribution in [0.4, 0.5) is 0 Å². The first-order chi connectivity index (χ1) is 10.2. The molecule has 2 amide bonds. The Balaban J connectivity index is 1.66. The molecule has 1 unspecified atom stereocenters. The topological polar surface area (TPSA) is 58.2 Å². The maximum Gasteiger partial charge on any atom is 0.261 e. The van der Waals surface area contributed by atoms with Crippen LogP contribution in [0.15, 0.2) is 17.5 Å². The molecule has 1 aromatic rings. The Morgan fingerprint density at radius 1 is 1.33 bits per heavy atom. The van der Waals surface area contributed by atoms with Crippen molar-refractivity contribution in [1.29, 1.82) is 0 Å². The van der Waals surface area contributed by atoms with Crippen LogP contribution in [0.1, 0.15) is 55.1 Å². The lowest BCUT2D eigenvalue weighted by Gasteiger charge is -2.22. The normalized spacial score (nSPS) is 17.2. The quantitative estimate of drug-likeness (QED) is 0.849. The van der Waals surface area contributed by atoms with Gasteiger partial charge in [-0.25, -0.2) is 0 Å². The van der Waals surface area contributed by atoms with E-state index in [2.05, 4.69) is 10.6 Å². The summed E-state index contributed by atoms with van der Waals surface area (Å²) in [6, 6.07) is 3.09. The van der Waals surface area contributed by atoms with Gasteiger partial charge in [-0.2, -0.15) is 0 Å². The standard InChI is InChI=1S/C16H24N2O2S/c1-12(18-16(20)14-8-5-11-21-14)15(19)17-10-9-13-6-3-2-4-7-13/h5,8,11-13H,2-4,6-7,9-10H2,1H3,(H,17,19)(H,18,20). The molecule has 21 heavy (non-hydrogen) atoms. The number of nitrogens with one attached hydrogen (secondary N) is 2. The molecule has 1 atom stereocenters. The van der Waals surface area contributed by atoms with E-state index >= 15 is 0 Å². The molecule has 1 aromatic heterocycles. The van der Waals surface area contributed by atoms with Gasteiger partial charge < -0.3 is 10.6 Å². The molecule has 0 aliphatic heterocycles. The number of hydrogen-bond donors (Lipinski definition) is 2. The first-order valence-corrected chi connectivity index (χ1v) is 8.67. The predicted octanol–water partition coefficient (Wildman–Crippen LogP) is 2.95. The summed E-state index contributed by atoms with van der Waals surface area (Å²) in [6.07, 6.45) is 7.64. The first kappa shape index (κ1) is 16.0. The summed E-state index contributed by atoms with van der Waals surface area (Å²) in [5.41, 5.74) is 0. The lowest BCUT2D eigenvalue weighted by atomic mass is 9.87. The van der Waals surface area contributed by atoms with Gasteiger partial charge in [0.15, 0.2) is 0 Å². The van der Waals surface area contributed by atoms with E-state index in [1.165, 1.54) is 43.4 Å². The number of thiophene rings is 1. The van der Waals surface area contributed by atoms with Crippen molar-refractivity contribution in [3.05, 3.63) is 22.4 Å². The maximum atomic E-state index is 12.0. The van der Waals surface area contributed by atoms with Crippen LogP contribution in [0, 0.1) is 5.92 Å². The number of amides is 2. The van der Waals surface area contributed by atoms with Crippen molar-refractivity contribution in [2.45, 2.75) is 51.5 Å². The summed E-state index contributed by atoms with van der Waals surface area (Å²) in [5, 5.41) is 7.51. The molecule has 116 valence electrons. The zero-order valence-corrected chi connectivity index (χ0v) is 13.4. The van der Waals surface area contributed by atoms with Crippen molar-refractivity contribution in [3.8, 4) is 0 Å². The van der Waals surface area contributed by atoms with Gasteiger partial charge in [-0.15, -0.1) is 11.3 Å². The fourth-order valence-electron chi connectivity index (χ4n) is 2.77. The zero-order valence-electron chi connectivity index (χ0n) is 12.6. The highest BCUT2D eigenvalue weighted by molar-refractivity contribution is 7.12.